The highest BCUT2D eigenvalue weighted by Crippen LogP contribution is 2.22. The van der Waals surface area contributed by atoms with Gasteiger partial charge < -0.3 is 14.7 Å². The molecular weight excluding hydrogens is 414 g/mol. The van der Waals surface area contributed by atoms with E-state index in [0.717, 1.165) is 29.5 Å². The zero-order chi connectivity index (χ0) is 24.1. The molecule has 1 heterocycles. The van der Waals surface area contributed by atoms with Crippen LogP contribution in [0.1, 0.15) is 57.2 Å². The van der Waals surface area contributed by atoms with Gasteiger partial charge in [0.15, 0.2) is 0 Å². The van der Waals surface area contributed by atoms with Gasteiger partial charge in [0.2, 0.25) is 5.91 Å². The van der Waals surface area contributed by atoms with Crippen molar-refractivity contribution in [2.45, 2.75) is 40.2 Å². The molecule has 2 aromatic carbocycles. The number of rotatable bonds is 6. The summed E-state index contributed by atoms with van der Waals surface area (Å²) in [6, 6.07) is 13.3. The fourth-order valence-corrected chi connectivity index (χ4v) is 4.48. The minimum absolute atomic E-state index is 0.00324. The van der Waals surface area contributed by atoms with E-state index in [9.17, 15) is 14.4 Å². The molecule has 1 fully saturated rings. The van der Waals surface area contributed by atoms with E-state index in [1.807, 2.05) is 54.8 Å². The smallest absolute Gasteiger partial charge is 0.253 e. The number of aryl methyl sites for hydroxylation is 2. The van der Waals surface area contributed by atoms with Gasteiger partial charge in [-0.3, -0.25) is 14.4 Å². The SMILES string of the molecule is CCN(Cc1ccc(C(=O)N(C)C)cc1)C(=O)C1CCCN(C(=O)c2cc(C)cc(C)c2)C1. The maximum atomic E-state index is 13.3. The number of carbonyl (C=O) groups excluding carboxylic acids is 3. The van der Waals surface area contributed by atoms with Crippen LogP contribution in [0.4, 0.5) is 0 Å². The van der Waals surface area contributed by atoms with Crippen molar-refractivity contribution >= 4 is 17.7 Å². The van der Waals surface area contributed by atoms with E-state index in [4.69, 9.17) is 0 Å². The zero-order valence-corrected chi connectivity index (χ0v) is 20.4. The Morgan fingerprint density at radius 2 is 1.61 bits per heavy atom. The lowest BCUT2D eigenvalue weighted by molar-refractivity contribution is -0.137. The molecule has 1 aliphatic rings. The van der Waals surface area contributed by atoms with Crippen LogP contribution in [0.5, 0.6) is 0 Å². The Hall–Kier alpha value is -3.15. The maximum Gasteiger partial charge on any atom is 0.253 e. The van der Waals surface area contributed by atoms with Gasteiger partial charge in [-0.25, -0.2) is 0 Å². The highest BCUT2D eigenvalue weighted by atomic mass is 16.2. The van der Waals surface area contributed by atoms with Gasteiger partial charge in [-0.1, -0.05) is 29.3 Å². The first kappa shape index (κ1) is 24.5. The van der Waals surface area contributed by atoms with E-state index in [1.165, 1.54) is 0 Å². The van der Waals surface area contributed by atoms with E-state index in [0.29, 0.717) is 37.3 Å². The van der Waals surface area contributed by atoms with Crippen molar-refractivity contribution in [3.8, 4) is 0 Å². The molecule has 6 heteroatoms. The molecule has 0 aliphatic carbocycles. The van der Waals surface area contributed by atoms with Crippen LogP contribution in [0.3, 0.4) is 0 Å². The van der Waals surface area contributed by atoms with Gasteiger partial charge in [0.25, 0.3) is 11.8 Å². The minimum Gasteiger partial charge on any atom is -0.345 e. The first-order valence-corrected chi connectivity index (χ1v) is 11.7. The van der Waals surface area contributed by atoms with Gasteiger partial charge >= 0.3 is 0 Å². The Morgan fingerprint density at radius 3 is 2.18 bits per heavy atom. The average molecular weight is 450 g/mol. The van der Waals surface area contributed by atoms with E-state index < -0.39 is 0 Å². The minimum atomic E-state index is -0.192. The van der Waals surface area contributed by atoms with E-state index in [-0.39, 0.29) is 23.6 Å². The van der Waals surface area contributed by atoms with E-state index in [1.54, 1.807) is 31.1 Å². The summed E-state index contributed by atoms with van der Waals surface area (Å²) < 4.78 is 0. The largest absolute Gasteiger partial charge is 0.345 e. The molecule has 1 atom stereocenters. The third-order valence-corrected chi connectivity index (χ3v) is 6.20. The summed E-state index contributed by atoms with van der Waals surface area (Å²) in [7, 11) is 3.46. The van der Waals surface area contributed by atoms with Gasteiger partial charge in [-0.05, 0) is 63.4 Å². The predicted octanol–water partition coefficient (Wildman–Crippen LogP) is 3.91. The molecule has 2 aromatic rings. The summed E-state index contributed by atoms with van der Waals surface area (Å²) in [5, 5.41) is 0. The summed E-state index contributed by atoms with van der Waals surface area (Å²) in [5.41, 5.74) is 4.45. The molecule has 0 aromatic heterocycles. The third kappa shape index (κ3) is 6.01. The second-order valence-corrected chi connectivity index (χ2v) is 9.22. The lowest BCUT2D eigenvalue weighted by Gasteiger charge is -2.35. The molecule has 0 spiro atoms. The standard InChI is InChI=1S/C27H35N3O3/c1-6-29(17-21-9-11-22(12-10-21)25(31)28(4)5)26(32)23-8-7-13-30(18-23)27(33)24-15-19(2)14-20(3)16-24/h9-12,14-16,23H,6-8,13,17-18H2,1-5H3. The van der Waals surface area contributed by atoms with Crippen LogP contribution in [0.25, 0.3) is 0 Å². The monoisotopic (exact) mass is 449 g/mol. The first-order valence-electron chi connectivity index (χ1n) is 11.7. The summed E-state index contributed by atoms with van der Waals surface area (Å²) in [6.45, 7) is 8.19. The summed E-state index contributed by atoms with van der Waals surface area (Å²) in [6.07, 6.45) is 1.62. The van der Waals surface area contributed by atoms with Crippen molar-refractivity contribution in [1.82, 2.24) is 14.7 Å². The molecule has 3 rings (SSSR count). The molecule has 1 aliphatic heterocycles. The number of hydrogen-bond acceptors (Lipinski definition) is 3. The number of nitrogens with zero attached hydrogens (tertiary/aromatic N) is 3. The van der Waals surface area contributed by atoms with Crippen molar-refractivity contribution < 1.29 is 14.4 Å². The van der Waals surface area contributed by atoms with Crippen molar-refractivity contribution in [3.05, 3.63) is 70.3 Å². The van der Waals surface area contributed by atoms with Crippen molar-refractivity contribution in [1.29, 1.82) is 0 Å². The molecule has 1 saturated heterocycles. The topological polar surface area (TPSA) is 60.9 Å². The normalized spacial score (nSPS) is 15.8. The van der Waals surface area contributed by atoms with Crippen LogP contribution in [0, 0.1) is 19.8 Å². The Kier molecular flexibility index (Phi) is 7.90. The average Bonchev–Trinajstić information content (AvgIpc) is 2.81. The van der Waals surface area contributed by atoms with Crippen LogP contribution >= 0.6 is 0 Å². The maximum absolute atomic E-state index is 13.3. The molecule has 6 nitrogen and oxygen atoms in total. The third-order valence-electron chi connectivity index (χ3n) is 6.20. The number of amides is 3. The fraction of sp³-hybridized carbons (Fsp3) is 0.444. The molecule has 3 amide bonds. The Balaban J connectivity index is 1.67. The zero-order valence-electron chi connectivity index (χ0n) is 20.4. The Bertz CT molecular complexity index is 994. The second kappa shape index (κ2) is 10.6. The van der Waals surface area contributed by atoms with Crippen LogP contribution in [0.15, 0.2) is 42.5 Å². The van der Waals surface area contributed by atoms with Crippen molar-refractivity contribution in [2.75, 3.05) is 33.7 Å². The number of carbonyl (C=O) groups is 3. The number of piperidine rings is 1. The first-order chi connectivity index (χ1) is 15.7. The molecule has 33 heavy (non-hydrogen) atoms. The number of hydrogen-bond donors (Lipinski definition) is 0. The summed E-state index contributed by atoms with van der Waals surface area (Å²) in [5.74, 6) is -0.142. The highest BCUT2D eigenvalue weighted by Gasteiger charge is 2.31. The molecule has 0 N–H and O–H groups in total. The molecular formula is C27H35N3O3. The van der Waals surface area contributed by atoms with E-state index in [2.05, 4.69) is 6.07 Å². The van der Waals surface area contributed by atoms with Crippen LogP contribution < -0.4 is 0 Å². The summed E-state index contributed by atoms with van der Waals surface area (Å²) in [4.78, 5) is 43.8. The van der Waals surface area contributed by atoms with Crippen LogP contribution in [-0.2, 0) is 11.3 Å². The second-order valence-electron chi connectivity index (χ2n) is 9.22. The van der Waals surface area contributed by atoms with Gasteiger partial charge in [-0.15, -0.1) is 0 Å². The molecule has 176 valence electrons. The lowest BCUT2D eigenvalue weighted by Crippen LogP contribution is -2.46. The Labute approximate surface area is 197 Å². The number of benzene rings is 2. The van der Waals surface area contributed by atoms with Crippen LogP contribution in [-0.4, -0.2) is 66.2 Å². The molecule has 0 saturated carbocycles. The molecule has 0 radical (unpaired) electrons. The van der Waals surface area contributed by atoms with Gasteiger partial charge in [0, 0.05) is 51.4 Å². The molecule has 1 unspecified atom stereocenters. The predicted molar refractivity (Wildman–Crippen MR) is 130 cm³/mol. The van der Waals surface area contributed by atoms with Crippen molar-refractivity contribution in [3.63, 3.8) is 0 Å². The summed E-state index contributed by atoms with van der Waals surface area (Å²) >= 11 is 0. The molecule has 0 bridgehead atoms. The van der Waals surface area contributed by atoms with Gasteiger partial charge in [-0.2, -0.15) is 0 Å². The quantitative estimate of drug-likeness (QED) is 0.672. The van der Waals surface area contributed by atoms with Gasteiger partial charge in [0.1, 0.15) is 0 Å². The van der Waals surface area contributed by atoms with Crippen LogP contribution in [0.2, 0.25) is 0 Å². The van der Waals surface area contributed by atoms with Gasteiger partial charge in [0.05, 0.1) is 5.92 Å². The number of likely N-dealkylation sites (tertiary alicyclic amines) is 1. The Morgan fingerprint density at radius 1 is 0.970 bits per heavy atom. The fourth-order valence-electron chi connectivity index (χ4n) is 4.48. The highest BCUT2D eigenvalue weighted by molar-refractivity contribution is 5.95. The van der Waals surface area contributed by atoms with E-state index >= 15 is 0 Å². The lowest BCUT2D eigenvalue weighted by atomic mass is 9.95. The van der Waals surface area contributed by atoms with Crippen molar-refractivity contribution in [2.24, 2.45) is 5.92 Å².